The SMILES string of the molecule is CC12CCC3C(CCC4CCCCC43C)C1CC=C2c1cccnc1. The summed E-state index contributed by atoms with van der Waals surface area (Å²) in [5.41, 5.74) is 4.03. The summed E-state index contributed by atoms with van der Waals surface area (Å²) < 4.78 is 0. The summed E-state index contributed by atoms with van der Waals surface area (Å²) in [7, 11) is 0. The van der Waals surface area contributed by atoms with E-state index in [1.807, 2.05) is 6.20 Å². The van der Waals surface area contributed by atoms with Crippen LogP contribution in [-0.4, -0.2) is 4.98 Å². The van der Waals surface area contributed by atoms with E-state index in [1.165, 1.54) is 63.4 Å². The van der Waals surface area contributed by atoms with Crippen molar-refractivity contribution in [3.63, 3.8) is 0 Å². The van der Waals surface area contributed by atoms with Gasteiger partial charge in [0, 0.05) is 12.4 Å². The minimum absolute atomic E-state index is 0.391. The minimum atomic E-state index is 0.391. The molecule has 4 aliphatic carbocycles. The number of hydrogen-bond donors (Lipinski definition) is 0. The first-order chi connectivity index (χ1) is 12.1. The van der Waals surface area contributed by atoms with Gasteiger partial charge in [-0.05, 0) is 96.7 Å². The first kappa shape index (κ1) is 16.1. The molecule has 1 heterocycles. The van der Waals surface area contributed by atoms with Crippen molar-refractivity contribution < 1.29 is 0 Å². The van der Waals surface area contributed by atoms with Gasteiger partial charge in [0.15, 0.2) is 0 Å². The summed E-state index contributed by atoms with van der Waals surface area (Å²) in [6.45, 7) is 5.26. The maximum Gasteiger partial charge on any atom is 0.0343 e. The molecule has 0 saturated heterocycles. The molecule has 3 fully saturated rings. The fourth-order valence-corrected chi connectivity index (χ4v) is 7.83. The van der Waals surface area contributed by atoms with Crippen LogP contribution in [0.2, 0.25) is 0 Å². The molecule has 0 radical (unpaired) electrons. The Labute approximate surface area is 153 Å². The van der Waals surface area contributed by atoms with Gasteiger partial charge in [-0.3, -0.25) is 4.98 Å². The Kier molecular flexibility index (Phi) is 3.67. The van der Waals surface area contributed by atoms with E-state index < -0.39 is 0 Å². The molecule has 1 heteroatoms. The zero-order valence-electron chi connectivity index (χ0n) is 16.0. The number of allylic oxidation sites excluding steroid dienone is 2. The molecule has 6 unspecified atom stereocenters. The number of fused-ring (bicyclic) bond motifs is 5. The summed E-state index contributed by atoms with van der Waals surface area (Å²) >= 11 is 0. The first-order valence-electron chi connectivity index (χ1n) is 10.7. The van der Waals surface area contributed by atoms with Gasteiger partial charge < -0.3 is 0 Å². The van der Waals surface area contributed by atoms with Gasteiger partial charge in [-0.1, -0.05) is 38.8 Å². The summed E-state index contributed by atoms with van der Waals surface area (Å²) in [6, 6.07) is 4.38. The van der Waals surface area contributed by atoms with Crippen LogP contribution in [0, 0.1) is 34.5 Å². The van der Waals surface area contributed by atoms with E-state index in [1.54, 1.807) is 5.57 Å². The smallest absolute Gasteiger partial charge is 0.0343 e. The first-order valence-corrected chi connectivity index (χ1v) is 10.7. The highest BCUT2D eigenvalue weighted by Gasteiger charge is 2.57. The van der Waals surface area contributed by atoms with Crippen molar-refractivity contribution in [1.29, 1.82) is 0 Å². The van der Waals surface area contributed by atoms with Gasteiger partial charge in [0.05, 0.1) is 0 Å². The third-order valence-corrected chi connectivity index (χ3v) is 9.14. The molecule has 5 rings (SSSR count). The van der Waals surface area contributed by atoms with Crippen molar-refractivity contribution in [1.82, 2.24) is 4.98 Å². The van der Waals surface area contributed by atoms with Crippen LogP contribution < -0.4 is 0 Å². The number of aromatic nitrogens is 1. The third-order valence-electron chi connectivity index (χ3n) is 9.14. The monoisotopic (exact) mass is 335 g/mol. The van der Waals surface area contributed by atoms with Gasteiger partial charge >= 0.3 is 0 Å². The second-order valence-electron chi connectivity index (χ2n) is 9.95. The van der Waals surface area contributed by atoms with E-state index in [2.05, 4.69) is 43.2 Å². The molecule has 25 heavy (non-hydrogen) atoms. The van der Waals surface area contributed by atoms with Crippen LogP contribution >= 0.6 is 0 Å². The van der Waals surface area contributed by atoms with Gasteiger partial charge in [-0.15, -0.1) is 0 Å². The zero-order chi connectivity index (χ0) is 17.1. The molecule has 0 spiro atoms. The number of hydrogen-bond acceptors (Lipinski definition) is 1. The van der Waals surface area contributed by atoms with Gasteiger partial charge in [0.1, 0.15) is 0 Å². The van der Waals surface area contributed by atoms with Gasteiger partial charge in [-0.2, -0.15) is 0 Å². The van der Waals surface area contributed by atoms with Gasteiger partial charge in [-0.25, -0.2) is 0 Å². The maximum absolute atomic E-state index is 4.40. The maximum atomic E-state index is 4.40. The van der Waals surface area contributed by atoms with E-state index in [4.69, 9.17) is 0 Å². The van der Waals surface area contributed by atoms with Crippen LogP contribution in [0.25, 0.3) is 5.57 Å². The quantitative estimate of drug-likeness (QED) is 0.570. The van der Waals surface area contributed by atoms with E-state index in [9.17, 15) is 0 Å². The molecule has 6 atom stereocenters. The summed E-state index contributed by atoms with van der Waals surface area (Å²) in [6.07, 6.45) is 19.7. The highest BCUT2D eigenvalue weighted by molar-refractivity contribution is 5.72. The normalized spacial score (nSPS) is 45.9. The second kappa shape index (κ2) is 5.69. The van der Waals surface area contributed by atoms with Crippen LogP contribution in [0.5, 0.6) is 0 Å². The second-order valence-corrected chi connectivity index (χ2v) is 9.95. The van der Waals surface area contributed by atoms with Crippen molar-refractivity contribution in [3.05, 3.63) is 36.2 Å². The van der Waals surface area contributed by atoms with E-state index in [0.717, 1.165) is 23.7 Å². The average Bonchev–Trinajstić information content (AvgIpc) is 2.99. The molecule has 4 aliphatic rings. The number of rotatable bonds is 1. The Morgan fingerprint density at radius 1 is 1.00 bits per heavy atom. The van der Waals surface area contributed by atoms with Crippen LogP contribution in [0.4, 0.5) is 0 Å². The molecule has 1 nitrogen and oxygen atoms in total. The lowest BCUT2D eigenvalue weighted by atomic mass is 9.45. The van der Waals surface area contributed by atoms with Crippen LogP contribution in [0.1, 0.15) is 77.2 Å². The topological polar surface area (TPSA) is 12.9 Å². The molecule has 0 bridgehead atoms. The number of nitrogens with zero attached hydrogens (tertiary/aromatic N) is 1. The molecule has 0 N–H and O–H groups in total. The van der Waals surface area contributed by atoms with Crippen LogP contribution in [0.3, 0.4) is 0 Å². The standard InChI is InChI=1S/C24H33N/c1-23-13-4-3-7-18(23)8-9-19-21-11-10-20(17-6-5-15-25-16-17)24(21,2)14-12-22(19)23/h5-6,10,15-16,18-19,21-22H,3-4,7-9,11-14H2,1-2H3. The largest absolute Gasteiger partial charge is 0.264 e. The molecule has 0 aromatic carbocycles. The Morgan fingerprint density at radius 2 is 1.92 bits per heavy atom. The molecule has 134 valence electrons. The highest BCUT2D eigenvalue weighted by Crippen LogP contribution is 2.67. The van der Waals surface area contributed by atoms with Crippen LogP contribution in [0.15, 0.2) is 30.6 Å². The van der Waals surface area contributed by atoms with E-state index in [-0.39, 0.29) is 0 Å². The van der Waals surface area contributed by atoms with Gasteiger partial charge in [0.25, 0.3) is 0 Å². The summed E-state index contributed by atoms with van der Waals surface area (Å²) in [5.74, 6) is 3.86. The van der Waals surface area contributed by atoms with Gasteiger partial charge in [0.2, 0.25) is 0 Å². The Morgan fingerprint density at radius 3 is 2.76 bits per heavy atom. The third kappa shape index (κ3) is 2.23. The highest BCUT2D eigenvalue weighted by atomic mass is 14.6. The minimum Gasteiger partial charge on any atom is -0.264 e. The predicted molar refractivity (Wildman–Crippen MR) is 104 cm³/mol. The molecule has 3 saturated carbocycles. The Hall–Kier alpha value is -1.11. The molecular formula is C24H33N. The fraction of sp³-hybridized carbons (Fsp3) is 0.708. The Bertz CT molecular complexity index is 677. The lowest BCUT2D eigenvalue weighted by molar-refractivity contribution is -0.0953. The summed E-state index contributed by atoms with van der Waals surface area (Å²) in [5, 5.41) is 0. The molecule has 1 aromatic rings. The van der Waals surface area contributed by atoms with Crippen molar-refractivity contribution >= 4 is 5.57 Å². The molecular weight excluding hydrogens is 302 g/mol. The molecule has 0 aliphatic heterocycles. The van der Waals surface area contributed by atoms with Crippen LogP contribution in [-0.2, 0) is 0 Å². The van der Waals surface area contributed by atoms with Crippen molar-refractivity contribution in [3.8, 4) is 0 Å². The molecule has 1 aromatic heterocycles. The Balaban J connectivity index is 1.46. The fourth-order valence-electron chi connectivity index (χ4n) is 7.83. The molecule has 0 amide bonds. The zero-order valence-corrected chi connectivity index (χ0v) is 16.0. The average molecular weight is 336 g/mol. The summed E-state index contributed by atoms with van der Waals surface area (Å²) in [4.78, 5) is 4.40. The van der Waals surface area contributed by atoms with Crippen molar-refractivity contribution in [2.75, 3.05) is 0 Å². The number of pyridine rings is 1. The lowest BCUT2D eigenvalue weighted by Crippen LogP contribution is -2.52. The van der Waals surface area contributed by atoms with Crippen molar-refractivity contribution in [2.45, 2.75) is 71.6 Å². The van der Waals surface area contributed by atoms with Crippen molar-refractivity contribution in [2.24, 2.45) is 34.5 Å². The lowest BCUT2D eigenvalue weighted by Gasteiger charge is -2.60. The van der Waals surface area contributed by atoms with E-state index >= 15 is 0 Å². The van der Waals surface area contributed by atoms with E-state index in [0.29, 0.717) is 10.8 Å². The predicted octanol–water partition coefficient (Wildman–Crippen LogP) is 6.51.